The number of nitrogen functional groups attached to an aromatic ring is 1. The van der Waals surface area contributed by atoms with E-state index in [4.69, 9.17) is 45.1 Å². The Kier molecular flexibility index (Phi) is 3.71. The summed E-state index contributed by atoms with van der Waals surface area (Å²) >= 11 is 17.7. The Morgan fingerprint density at radius 1 is 1.05 bits per heavy atom. The molecule has 0 aliphatic rings. The van der Waals surface area contributed by atoms with Crippen molar-refractivity contribution in [3.8, 4) is 23.0 Å². The van der Waals surface area contributed by atoms with Crippen molar-refractivity contribution in [1.29, 1.82) is 0 Å². The van der Waals surface area contributed by atoms with E-state index in [0.29, 0.717) is 37.8 Å². The highest BCUT2D eigenvalue weighted by Crippen LogP contribution is 2.33. The number of aromatic nitrogens is 3. The maximum Gasteiger partial charge on any atom is 0.258 e. The van der Waals surface area contributed by atoms with Gasteiger partial charge in [0.05, 0.1) is 20.8 Å². The molecule has 0 amide bonds. The van der Waals surface area contributed by atoms with Crippen LogP contribution in [-0.4, -0.2) is 15.1 Å². The molecule has 2 N–H and O–H groups in total. The Balaban J connectivity index is 2.00. The molecule has 0 aliphatic carbocycles. The number of pyridine rings is 1. The molecule has 106 valence electrons. The van der Waals surface area contributed by atoms with Crippen molar-refractivity contribution in [2.24, 2.45) is 0 Å². The monoisotopic (exact) mass is 340 g/mol. The van der Waals surface area contributed by atoms with Gasteiger partial charge in [-0.25, -0.2) is 0 Å². The summed E-state index contributed by atoms with van der Waals surface area (Å²) in [4.78, 5) is 8.37. The van der Waals surface area contributed by atoms with E-state index in [1.807, 2.05) is 0 Å². The zero-order valence-electron chi connectivity index (χ0n) is 10.3. The molecule has 8 heteroatoms. The second-order valence-electron chi connectivity index (χ2n) is 4.14. The Labute approximate surface area is 134 Å². The summed E-state index contributed by atoms with van der Waals surface area (Å²) in [7, 11) is 0. The molecule has 21 heavy (non-hydrogen) atoms. The Morgan fingerprint density at radius 2 is 1.76 bits per heavy atom. The van der Waals surface area contributed by atoms with E-state index in [1.54, 1.807) is 24.3 Å². The highest BCUT2D eigenvalue weighted by molar-refractivity contribution is 6.39. The number of benzene rings is 1. The van der Waals surface area contributed by atoms with Crippen LogP contribution in [0.2, 0.25) is 15.1 Å². The Hall–Kier alpha value is -1.82. The molecule has 0 saturated carbocycles. The largest absolute Gasteiger partial charge is 0.396 e. The SMILES string of the molecule is Nc1c(Cl)cc(-c2nc(-c3ccc(Cl)cn3)no2)cc1Cl. The van der Waals surface area contributed by atoms with Crippen molar-refractivity contribution < 1.29 is 4.52 Å². The van der Waals surface area contributed by atoms with Crippen LogP contribution < -0.4 is 5.73 Å². The smallest absolute Gasteiger partial charge is 0.258 e. The number of hydrogen-bond donors (Lipinski definition) is 1. The zero-order chi connectivity index (χ0) is 15.0. The lowest BCUT2D eigenvalue weighted by Crippen LogP contribution is -1.89. The van der Waals surface area contributed by atoms with Gasteiger partial charge in [-0.2, -0.15) is 4.98 Å². The molecule has 5 nitrogen and oxygen atoms in total. The highest BCUT2D eigenvalue weighted by atomic mass is 35.5. The third-order valence-corrected chi connectivity index (χ3v) is 3.56. The molecule has 0 aliphatic heterocycles. The van der Waals surface area contributed by atoms with Crippen LogP contribution in [-0.2, 0) is 0 Å². The minimum Gasteiger partial charge on any atom is -0.396 e. The van der Waals surface area contributed by atoms with E-state index in [0.717, 1.165) is 0 Å². The standard InChI is InChI=1S/C13H7Cl3N4O/c14-7-1-2-10(18-5-7)12-19-13(21-20-12)6-3-8(15)11(17)9(16)4-6/h1-5H,17H2. The van der Waals surface area contributed by atoms with Crippen molar-refractivity contribution in [1.82, 2.24) is 15.1 Å². The van der Waals surface area contributed by atoms with Crippen molar-refractivity contribution >= 4 is 40.5 Å². The van der Waals surface area contributed by atoms with Crippen molar-refractivity contribution in [3.63, 3.8) is 0 Å². The molecule has 0 bridgehead atoms. The number of rotatable bonds is 2. The lowest BCUT2D eigenvalue weighted by Gasteiger charge is -2.02. The van der Waals surface area contributed by atoms with E-state index in [2.05, 4.69) is 15.1 Å². The molecule has 2 aromatic heterocycles. The average Bonchev–Trinajstić information content (AvgIpc) is 2.95. The number of nitrogens with zero attached hydrogens (tertiary/aromatic N) is 3. The van der Waals surface area contributed by atoms with Gasteiger partial charge in [-0.1, -0.05) is 40.0 Å². The van der Waals surface area contributed by atoms with Gasteiger partial charge in [0.15, 0.2) is 0 Å². The average molecular weight is 342 g/mol. The van der Waals surface area contributed by atoms with Gasteiger partial charge in [0, 0.05) is 11.8 Å². The first-order valence-corrected chi connectivity index (χ1v) is 6.88. The van der Waals surface area contributed by atoms with Crippen LogP contribution in [0.3, 0.4) is 0 Å². The van der Waals surface area contributed by atoms with Crippen LogP contribution >= 0.6 is 34.8 Å². The van der Waals surface area contributed by atoms with E-state index >= 15 is 0 Å². The summed E-state index contributed by atoms with van der Waals surface area (Å²) < 4.78 is 5.19. The molecule has 1 aromatic carbocycles. The summed E-state index contributed by atoms with van der Waals surface area (Å²) in [5.41, 5.74) is 7.11. The van der Waals surface area contributed by atoms with E-state index in [9.17, 15) is 0 Å². The fraction of sp³-hybridized carbons (Fsp3) is 0. The van der Waals surface area contributed by atoms with Gasteiger partial charge in [-0.3, -0.25) is 4.98 Å². The molecule has 0 saturated heterocycles. The quantitative estimate of drug-likeness (QED) is 0.701. The third kappa shape index (κ3) is 2.81. The van der Waals surface area contributed by atoms with Crippen molar-refractivity contribution in [2.45, 2.75) is 0 Å². The van der Waals surface area contributed by atoms with Gasteiger partial charge in [0.25, 0.3) is 5.89 Å². The normalized spacial score (nSPS) is 10.8. The summed E-state index contributed by atoms with van der Waals surface area (Å²) in [6, 6.07) is 6.60. The first-order chi connectivity index (χ1) is 10.0. The molecule has 0 fully saturated rings. The number of anilines is 1. The van der Waals surface area contributed by atoms with E-state index in [-0.39, 0.29) is 5.89 Å². The minimum atomic E-state index is 0.269. The van der Waals surface area contributed by atoms with Crippen molar-refractivity contribution in [3.05, 3.63) is 45.5 Å². The van der Waals surface area contributed by atoms with Gasteiger partial charge in [0.1, 0.15) is 5.69 Å². The summed E-state index contributed by atoms with van der Waals surface area (Å²) in [5.74, 6) is 0.608. The predicted octanol–water partition coefficient (Wildman–Crippen LogP) is 4.34. The van der Waals surface area contributed by atoms with Gasteiger partial charge in [-0.15, -0.1) is 0 Å². The third-order valence-electron chi connectivity index (χ3n) is 2.71. The molecule has 3 rings (SSSR count). The molecule has 0 unspecified atom stereocenters. The Morgan fingerprint density at radius 3 is 2.38 bits per heavy atom. The van der Waals surface area contributed by atoms with Gasteiger partial charge in [-0.05, 0) is 24.3 Å². The second-order valence-corrected chi connectivity index (χ2v) is 5.39. The lowest BCUT2D eigenvalue weighted by atomic mass is 10.2. The fourth-order valence-electron chi connectivity index (χ4n) is 1.66. The van der Waals surface area contributed by atoms with E-state index < -0.39 is 0 Å². The summed E-state index contributed by atoms with van der Waals surface area (Å²) in [5, 5.41) is 5.03. The topological polar surface area (TPSA) is 77.8 Å². The van der Waals surface area contributed by atoms with Crippen LogP contribution in [0.15, 0.2) is 35.0 Å². The molecule has 2 heterocycles. The number of halogens is 3. The highest BCUT2D eigenvalue weighted by Gasteiger charge is 2.14. The maximum atomic E-state index is 5.98. The van der Waals surface area contributed by atoms with Gasteiger partial charge in [0.2, 0.25) is 5.82 Å². The van der Waals surface area contributed by atoms with Crippen LogP contribution in [0.1, 0.15) is 0 Å². The fourth-order valence-corrected chi connectivity index (χ4v) is 2.26. The Bertz CT molecular complexity index is 778. The number of nitrogens with two attached hydrogens (primary N) is 1. The summed E-state index contributed by atoms with van der Waals surface area (Å²) in [6.45, 7) is 0. The zero-order valence-corrected chi connectivity index (χ0v) is 12.6. The first-order valence-electron chi connectivity index (χ1n) is 5.75. The van der Waals surface area contributed by atoms with Crippen LogP contribution in [0, 0.1) is 0 Å². The molecule has 0 atom stereocenters. The lowest BCUT2D eigenvalue weighted by molar-refractivity contribution is 0.432. The number of hydrogen-bond acceptors (Lipinski definition) is 5. The second kappa shape index (κ2) is 5.52. The maximum absolute atomic E-state index is 5.98. The van der Waals surface area contributed by atoms with Crippen molar-refractivity contribution in [2.75, 3.05) is 5.73 Å². The predicted molar refractivity (Wildman–Crippen MR) is 82.4 cm³/mol. The van der Waals surface area contributed by atoms with Crippen LogP contribution in [0.5, 0.6) is 0 Å². The summed E-state index contributed by atoms with van der Waals surface area (Å²) in [6.07, 6.45) is 1.50. The van der Waals surface area contributed by atoms with Crippen LogP contribution in [0.25, 0.3) is 23.0 Å². The molecule has 0 spiro atoms. The first kappa shape index (κ1) is 14.1. The minimum absolute atomic E-state index is 0.269. The van der Waals surface area contributed by atoms with E-state index in [1.165, 1.54) is 6.20 Å². The van der Waals surface area contributed by atoms with Gasteiger partial charge < -0.3 is 10.3 Å². The molecule has 3 aromatic rings. The molecular formula is C13H7Cl3N4O. The molecule has 0 radical (unpaired) electrons. The van der Waals surface area contributed by atoms with Crippen LogP contribution in [0.4, 0.5) is 5.69 Å². The van der Waals surface area contributed by atoms with Gasteiger partial charge >= 0.3 is 0 Å². The molecular weight excluding hydrogens is 335 g/mol.